The molecule has 0 radical (unpaired) electrons. The zero-order valence-electron chi connectivity index (χ0n) is 9.18. The van der Waals surface area contributed by atoms with Gasteiger partial charge >= 0.3 is 6.03 Å². The monoisotopic (exact) mass is 202 g/mol. The molecule has 0 fully saturated rings. The number of aliphatic hydroxyl groups is 1. The summed E-state index contributed by atoms with van der Waals surface area (Å²) in [4.78, 5) is 11.1. The Morgan fingerprint density at radius 1 is 1.29 bits per heavy atom. The maximum Gasteiger partial charge on any atom is 0.314 e. The first-order valence-electron chi connectivity index (χ1n) is 5.40. The largest absolute Gasteiger partial charge is 0.393 e. The molecule has 0 spiro atoms. The molecule has 1 unspecified atom stereocenters. The summed E-state index contributed by atoms with van der Waals surface area (Å²) in [5, 5.41) is 14.7. The molecule has 0 aliphatic carbocycles. The highest BCUT2D eigenvalue weighted by Gasteiger charge is 2.02. The second-order valence-electron chi connectivity index (χ2n) is 3.39. The van der Waals surface area contributed by atoms with E-state index in [1.54, 1.807) is 0 Å². The topological polar surface area (TPSA) is 61.4 Å². The van der Waals surface area contributed by atoms with Crippen LogP contribution >= 0.6 is 0 Å². The van der Waals surface area contributed by atoms with Crippen molar-refractivity contribution in [3.8, 4) is 0 Å². The van der Waals surface area contributed by atoms with Crippen LogP contribution in [0.1, 0.15) is 39.5 Å². The van der Waals surface area contributed by atoms with Crippen LogP contribution in [0.4, 0.5) is 4.79 Å². The zero-order chi connectivity index (χ0) is 10.8. The van der Waals surface area contributed by atoms with E-state index in [4.69, 9.17) is 0 Å². The van der Waals surface area contributed by atoms with Gasteiger partial charge in [-0.2, -0.15) is 0 Å². The van der Waals surface area contributed by atoms with Gasteiger partial charge in [-0.25, -0.2) is 4.79 Å². The molecule has 3 N–H and O–H groups in total. The summed E-state index contributed by atoms with van der Waals surface area (Å²) in [5.41, 5.74) is 0. The van der Waals surface area contributed by atoms with Crippen LogP contribution in [0.5, 0.6) is 0 Å². The quantitative estimate of drug-likeness (QED) is 0.544. The molecule has 0 rings (SSSR count). The van der Waals surface area contributed by atoms with Crippen LogP contribution in [-0.4, -0.2) is 30.3 Å². The number of urea groups is 1. The highest BCUT2D eigenvalue weighted by atomic mass is 16.3. The van der Waals surface area contributed by atoms with Gasteiger partial charge in [-0.15, -0.1) is 0 Å². The molecule has 14 heavy (non-hydrogen) atoms. The molecule has 0 bridgehead atoms. The third-order valence-corrected chi connectivity index (χ3v) is 2.05. The number of hydrogen-bond acceptors (Lipinski definition) is 2. The summed E-state index contributed by atoms with van der Waals surface area (Å²) >= 11 is 0. The molecule has 0 aromatic carbocycles. The van der Waals surface area contributed by atoms with Gasteiger partial charge in [0.1, 0.15) is 0 Å². The second-order valence-corrected chi connectivity index (χ2v) is 3.39. The van der Waals surface area contributed by atoms with Crippen molar-refractivity contribution in [2.75, 3.05) is 13.1 Å². The molecule has 0 aromatic heterocycles. The Bertz CT molecular complexity index is 151. The van der Waals surface area contributed by atoms with E-state index in [1.807, 2.05) is 6.92 Å². The van der Waals surface area contributed by atoms with Gasteiger partial charge in [0.05, 0.1) is 6.10 Å². The van der Waals surface area contributed by atoms with Crippen LogP contribution in [-0.2, 0) is 0 Å². The lowest BCUT2D eigenvalue weighted by molar-refractivity contribution is 0.160. The van der Waals surface area contributed by atoms with Crippen molar-refractivity contribution in [1.82, 2.24) is 10.6 Å². The van der Waals surface area contributed by atoms with Gasteiger partial charge in [0.2, 0.25) is 0 Å². The third-order valence-electron chi connectivity index (χ3n) is 2.05. The maximum atomic E-state index is 11.1. The van der Waals surface area contributed by atoms with E-state index in [0.29, 0.717) is 13.0 Å². The van der Waals surface area contributed by atoms with Crippen molar-refractivity contribution < 1.29 is 9.90 Å². The lowest BCUT2D eigenvalue weighted by Crippen LogP contribution is -2.37. The molecule has 0 saturated carbocycles. The highest BCUT2D eigenvalue weighted by Crippen LogP contribution is 1.93. The van der Waals surface area contributed by atoms with Gasteiger partial charge < -0.3 is 15.7 Å². The van der Waals surface area contributed by atoms with E-state index in [-0.39, 0.29) is 12.1 Å². The second kappa shape index (κ2) is 8.81. The molecule has 0 aromatic rings. The van der Waals surface area contributed by atoms with Crippen molar-refractivity contribution in [1.29, 1.82) is 0 Å². The summed E-state index contributed by atoms with van der Waals surface area (Å²) in [6, 6.07) is -0.137. The van der Waals surface area contributed by atoms with Crippen LogP contribution in [0.15, 0.2) is 0 Å². The fourth-order valence-electron chi connectivity index (χ4n) is 0.998. The number of unbranched alkanes of at least 4 members (excludes halogenated alkanes) is 1. The number of carbonyl (C=O) groups excluding carboxylic acids is 1. The fraction of sp³-hybridized carbons (Fsp3) is 0.900. The number of amides is 2. The third kappa shape index (κ3) is 7.86. The SMILES string of the molecule is CCCCNC(=O)NCCC(O)CC. The molecule has 2 amide bonds. The van der Waals surface area contributed by atoms with Gasteiger partial charge in [-0.1, -0.05) is 20.3 Å². The molecule has 0 heterocycles. The Balaban J connectivity index is 3.26. The molecule has 0 saturated heterocycles. The summed E-state index contributed by atoms with van der Waals surface area (Å²) in [5.74, 6) is 0. The molecule has 84 valence electrons. The van der Waals surface area contributed by atoms with E-state index in [1.165, 1.54) is 0 Å². The van der Waals surface area contributed by atoms with E-state index in [2.05, 4.69) is 17.6 Å². The van der Waals surface area contributed by atoms with Gasteiger partial charge in [-0.3, -0.25) is 0 Å². The minimum absolute atomic E-state index is 0.137. The lowest BCUT2D eigenvalue weighted by Gasteiger charge is -2.09. The Labute approximate surface area is 86.1 Å². The van der Waals surface area contributed by atoms with Crippen LogP contribution in [0.3, 0.4) is 0 Å². The highest BCUT2D eigenvalue weighted by molar-refractivity contribution is 5.73. The minimum atomic E-state index is -0.300. The smallest absolute Gasteiger partial charge is 0.314 e. The average molecular weight is 202 g/mol. The predicted octanol–water partition coefficient (Wildman–Crippen LogP) is 1.25. The number of aliphatic hydroxyl groups excluding tert-OH is 1. The van der Waals surface area contributed by atoms with Crippen molar-refractivity contribution in [3.63, 3.8) is 0 Å². The average Bonchev–Trinajstić information content (AvgIpc) is 2.18. The zero-order valence-corrected chi connectivity index (χ0v) is 9.18. The molecule has 0 aliphatic heterocycles. The Morgan fingerprint density at radius 2 is 1.93 bits per heavy atom. The van der Waals surface area contributed by atoms with Crippen molar-refractivity contribution in [2.45, 2.75) is 45.6 Å². The first kappa shape index (κ1) is 13.2. The van der Waals surface area contributed by atoms with Crippen molar-refractivity contribution in [3.05, 3.63) is 0 Å². The van der Waals surface area contributed by atoms with Crippen LogP contribution in [0.2, 0.25) is 0 Å². The first-order chi connectivity index (χ1) is 6.70. The Hall–Kier alpha value is -0.770. The van der Waals surface area contributed by atoms with Crippen molar-refractivity contribution >= 4 is 6.03 Å². The van der Waals surface area contributed by atoms with Gasteiger partial charge in [-0.05, 0) is 19.3 Å². The van der Waals surface area contributed by atoms with Gasteiger partial charge in [0.15, 0.2) is 0 Å². The van der Waals surface area contributed by atoms with Gasteiger partial charge in [0, 0.05) is 13.1 Å². The molecular weight excluding hydrogens is 180 g/mol. The van der Waals surface area contributed by atoms with E-state index >= 15 is 0 Å². The fourth-order valence-corrected chi connectivity index (χ4v) is 0.998. The summed E-state index contributed by atoms with van der Waals surface area (Å²) in [6.45, 7) is 5.26. The summed E-state index contributed by atoms with van der Waals surface area (Å²) in [7, 11) is 0. The van der Waals surface area contributed by atoms with Crippen LogP contribution in [0.25, 0.3) is 0 Å². The summed E-state index contributed by atoms with van der Waals surface area (Å²) < 4.78 is 0. The predicted molar refractivity (Wildman–Crippen MR) is 57.2 cm³/mol. The Morgan fingerprint density at radius 3 is 2.50 bits per heavy atom. The van der Waals surface area contributed by atoms with Gasteiger partial charge in [0.25, 0.3) is 0 Å². The Kier molecular flexibility index (Phi) is 8.33. The molecule has 1 atom stereocenters. The number of hydrogen-bond donors (Lipinski definition) is 3. The molecule has 4 heteroatoms. The number of carbonyl (C=O) groups is 1. The normalized spacial score (nSPS) is 12.2. The lowest BCUT2D eigenvalue weighted by atomic mass is 10.2. The van der Waals surface area contributed by atoms with E-state index in [9.17, 15) is 9.90 Å². The minimum Gasteiger partial charge on any atom is -0.393 e. The van der Waals surface area contributed by atoms with E-state index < -0.39 is 0 Å². The molecular formula is C10H22N2O2. The van der Waals surface area contributed by atoms with Crippen molar-refractivity contribution in [2.24, 2.45) is 0 Å². The van der Waals surface area contributed by atoms with Crippen LogP contribution < -0.4 is 10.6 Å². The molecule has 0 aliphatic rings. The number of rotatable bonds is 7. The molecule has 4 nitrogen and oxygen atoms in total. The van der Waals surface area contributed by atoms with E-state index in [0.717, 1.165) is 25.8 Å². The summed E-state index contributed by atoms with van der Waals surface area (Å²) in [6.07, 6.45) is 3.14. The first-order valence-corrected chi connectivity index (χ1v) is 5.40. The standard InChI is InChI=1S/C10H22N2O2/c1-3-5-7-11-10(14)12-8-6-9(13)4-2/h9,13H,3-8H2,1-2H3,(H2,11,12,14). The maximum absolute atomic E-state index is 11.1. The van der Waals surface area contributed by atoms with Crippen LogP contribution in [0, 0.1) is 0 Å². The number of nitrogens with one attached hydrogen (secondary N) is 2.